The van der Waals surface area contributed by atoms with Crippen molar-refractivity contribution in [1.82, 2.24) is 8.87 Å². The standard InChI is InChI=1S/C44H47N3O9S/c1-5-42(6-2)28-43(56-54-29-42)22-23-46-38(43)25-36(35(26-45)39(46)48)44(7-3,41(50)53-8-4)55-40(49)37-24-32-16-12-13-17-33(32)27-47(37)57(51,52)34-20-18-31(19-21-34)30-14-10-9-11-15-30/h9-21,25,37H,5-8,22-24,27-29H2,1-4H3/t37-,43?,44?/m1/s1. The minimum atomic E-state index is -4.34. The summed E-state index contributed by atoms with van der Waals surface area (Å²) in [5.74, 6) is -2.02. The Balaban J connectivity index is 1.33. The van der Waals surface area contributed by atoms with Gasteiger partial charge in [0.15, 0.2) is 0 Å². The van der Waals surface area contributed by atoms with E-state index in [1.807, 2.05) is 48.5 Å². The molecule has 13 heteroatoms. The fourth-order valence-corrected chi connectivity index (χ4v) is 10.2. The van der Waals surface area contributed by atoms with E-state index in [4.69, 9.17) is 19.2 Å². The van der Waals surface area contributed by atoms with Gasteiger partial charge in [0.05, 0.1) is 23.8 Å². The molecule has 3 atom stereocenters. The number of esters is 2. The van der Waals surface area contributed by atoms with Gasteiger partial charge < -0.3 is 14.0 Å². The van der Waals surface area contributed by atoms with Crippen molar-refractivity contribution >= 4 is 22.0 Å². The molecule has 0 radical (unpaired) electrons. The van der Waals surface area contributed by atoms with Crippen LogP contribution in [0.1, 0.15) is 87.7 Å². The zero-order valence-electron chi connectivity index (χ0n) is 32.7. The lowest BCUT2D eigenvalue weighted by atomic mass is 9.71. The van der Waals surface area contributed by atoms with Crippen LogP contribution < -0.4 is 5.56 Å². The lowest BCUT2D eigenvalue weighted by Gasteiger charge is -2.44. The van der Waals surface area contributed by atoms with Crippen molar-refractivity contribution < 1.29 is 37.3 Å². The maximum atomic E-state index is 14.8. The minimum absolute atomic E-state index is 0.0276. The van der Waals surface area contributed by atoms with Crippen LogP contribution in [-0.2, 0) is 69.6 Å². The van der Waals surface area contributed by atoms with Crippen LogP contribution in [0.3, 0.4) is 0 Å². The molecule has 4 aromatic rings. The molecule has 7 rings (SSSR count). The lowest BCUT2D eigenvalue weighted by Crippen LogP contribution is -2.53. The van der Waals surface area contributed by atoms with Crippen LogP contribution in [-0.4, -0.2) is 48.5 Å². The zero-order chi connectivity index (χ0) is 40.6. The van der Waals surface area contributed by atoms with E-state index in [0.29, 0.717) is 30.7 Å². The Labute approximate surface area is 332 Å². The summed E-state index contributed by atoms with van der Waals surface area (Å²) in [6.45, 7) is 7.71. The summed E-state index contributed by atoms with van der Waals surface area (Å²) in [6.07, 6.45) is 2.21. The van der Waals surface area contributed by atoms with Crippen LogP contribution in [0, 0.1) is 16.7 Å². The molecular weight excluding hydrogens is 747 g/mol. The van der Waals surface area contributed by atoms with E-state index < -0.39 is 44.8 Å². The fraction of sp³-hybridized carbons (Fsp3) is 0.409. The highest BCUT2D eigenvalue weighted by atomic mass is 32.2. The number of hydrogen-bond acceptors (Lipinski definition) is 10. The first-order valence-electron chi connectivity index (χ1n) is 19.5. The number of carbonyl (C=O) groups excluding carboxylic acids is 2. The molecule has 3 aliphatic heterocycles. The molecule has 0 saturated carbocycles. The summed E-state index contributed by atoms with van der Waals surface area (Å²) < 4.78 is 43.5. The number of pyridine rings is 1. The SMILES string of the molecule is CCOC(=O)C(CC)(OC(=O)[C@H]1Cc2ccccc2CN1S(=O)(=O)c1ccc(-c2ccccc2)cc1)c1cc2n(c(=O)c1C#N)CCC21CC(CC)(CC)COO1. The second-order valence-electron chi connectivity index (χ2n) is 15.1. The Hall–Kier alpha value is -5.13. The molecule has 4 heterocycles. The van der Waals surface area contributed by atoms with E-state index in [2.05, 4.69) is 13.8 Å². The van der Waals surface area contributed by atoms with Crippen molar-refractivity contribution in [2.45, 2.75) is 101 Å². The van der Waals surface area contributed by atoms with E-state index in [1.165, 1.54) is 16.7 Å². The summed E-state index contributed by atoms with van der Waals surface area (Å²) in [6, 6.07) is 25.3. The van der Waals surface area contributed by atoms with Gasteiger partial charge in [-0.15, -0.1) is 0 Å². The quantitative estimate of drug-likeness (QED) is 0.119. The van der Waals surface area contributed by atoms with Crippen molar-refractivity contribution in [3.05, 3.63) is 123 Å². The van der Waals surface area contributed by atoms with Crippen LogP contribution in [0.5, 0.6) is 0 Å². The fourth-order valence-electron chi connectivity index (χ4n) is 8.65. The number of rotatable bonds is 11. The molecule has 2 unspecified atom stereocenters. The number of ether oxygens (including phenoxy) is 2. The van der Waals surface area contributed by atoms with Gasteiger partial charge in [-0.05, 0) is 78.5 Å². The minimum Gasteiger partial charge on any atom is -0.463 e. The van der Waals surface area contributed by atoms with Gasteiger partial charge in [-0.2, -0.15) is 9.57 Å². The Bertz CT molecular complexity index is 2390. The van der Waals surface area contributed by atoms with E-state index in [0.717, 1.165) is 33.8 Å². The molecule has 3 aliphatic rings. The Morgan fingerprint density at radius 2 is 1.61 bits per heavy atom. The summed E-state index contributed by atoms with van der Waals surface area (Å²) >= 11 is 0. The van der Waals surface area contributed by atoms with Gasteiger partial charge in [0, 0.05) is 31.5 Å². The summed E-state index contributed by atoms with van der Waals surface area (Å²) in [5.41, 5.74) is -1.23. The molecule has 12 nitrogen and oxygen atoms in total. The summed E-state index contributed by atoms with van der Waals surface area (Å²) in [5, 5.41) is 10.5. The number of hydrogen-bond donors (Lipinski definition) is 0. The van der Waals surface area contributed by atoms with Crippen molar-refractivity contribution in [2.75, 3.05) is 13.2 Å². The number of nitrogens with zero attached hydrogens (tertiary/aromatic N) is 3. The van der Waals surface area contributed by atoms with Crippen LogP contribution >= 0.6 is 0 Å². The van der Waals surface area contributed by atoms with Crippen LogP contribution in [0.4, 0.5) is 0 Å². The number of carbonyl (C=O) groups is 2. The molecule has 1 spiro atoms. The van der Waals surface area contributed by atoms with E-state index in [1.54, 1.807) is 44.2 Å². The molecule has 1 fully saturated rings. The van der Waals surface area contributed by atoms with Crippen molar-refractivity contribution in [3.8, 4) is 17.2 Å². The number of sulfonamides is 1. The highest BCUT2D eigenvalue weighted by molar-refractivity contribution is 7.89. The van der Waals surface area contributed by atoms with Crippen LogP contribution in [0.2, 0.25) is 0 Å². The maximum absolute atomic E-state index is 14.8. The molecule has 1 aromatic heterocycles. The Morgan fingerprint density at radius 3 is 2.26 bits per heavy atom. The first kappa shape index (κ1) is 40.1. The average molecular weight is 794 g/mol. The number of nitriles is 1. The van der Waals surface area contributed by atoms with E-state index >= 15 is 0 Å². The molecule has 3 aromatic carbocycles. The van der Waals surface area contributed by atoms with Crippen LogP contribution in [0.25, 0.3) is 11.1 Å². The topological polar surface area (TPSA) is 154 Å². The third kappa shape index (κ3) is 6.88. The zero-order valence-corrected chi connectivity index (χ0v) is 33.5. The average Bonchev–Trinajstić information content (AvgIpc) is 3.59. The van der Waals surface area contributed by atoms with Gasteiger partial charge in [0.2, 0.25) is 15.6 Å². The molecule has 0 bridgehead atoms. The van der Waals surface area contributed by atoms with Crippen molar-refractivity contribution in [3.63, 3.8) is 0 Å². The molecule has 0 aliphatic carbocycles. The monoisotopic (exact) mass is 793 g/mol. The molecule has 1 saturated heterocycles. The maximum Gasteiger partial charge on any atom is 0.355 e. The van der Waals surface area contributed by atoms with Crippen molar-refractivity contribution in [2.24, 2.45) is 5.41 Å². The molecule has 0 amide bonds. The smallest absolute Gasteiger partial charge is 0.355 e. The summed E-state index contributed by atoms with van der Waals surface area (Å²) in [4.78, 5) is 55.1. The van der Waals surface area contributed by atoms with Gasteiger partial charge in [0.1, 0.15) is 23.3 Å². The molecule has 298 valence electrons. The second-order valence-corrected chi connectivity index (χ2v) is 17.0. The predicted molar refractivity (Wildman–Crippen MR) is 210 cm³/mol. The van der Waals surface area contributed by atoms with Gasteiger partial charge in [-0.25, -0.2) is 23.0 Å². The number of benzene rings is 3. The molecular formula is C44H47N3O9S. The highest BCUT2D eigenvalue weighted by Crippen LogP contribution is 2.51. The highest BCUT2D eigenvalue weighted by Gasteiger charge is 2.55. The third-order valence-corrected chi connectivity index (χ3v) is 14.1. The van der Waals surface area contributed by atoms with Gasteiger partial charge in [0.25, 0.3) is 5.56 Å². The summed E-state index contributed by atoms with van der Waals surface area (Å²) in [7, 11) is -4.34. The molecule has 0 N–H and O–H groups in total. The van der Waals surface area contributed by atoms with E-state index in [-0.39, 0.29) is 54.0 Å². The van der Waals surface area contributed by atoms with Gasteiger partial charge in [-0.1, -0.05) is 87.5 Å². The predicted octanol–water partition coefficient (Wildman–Crippen LogP) is 6.67. The van der Waals surface area contributed by atoms with Gasteiger partial charge >= 0.3 is 11.9 Å². The first-order chi connectivity index (χ1) is 27.4. The Kier molecular flexibility index (Phi) is 11.0. The number of aromatic nitrogens is 1. The van der Waals surface area contributed by atoms with E-state index in [9.17, 15) is 28.1 Å². The Morgan fingerprint density at radius 1 is 0.947 bits per heavy atom. The number of fused-ring (bicyclic) bond motifs is 3. The first-order valence-corrected chi connectivity index (χ1v) is 21.0. The lowest BCUT2D eigenvalue weighted by molar-refractivity contribution is -0.414. The molecule has 57 heavy (non-hydrogen) atoms. The second kappa shape index (κ2) is 15.7. The van der Waals surface area contributed by atoms with Gasteiger partial charge in [-0.3, -0.25) is 9.59 Å². The normalized spacial score (nSPS) is 21.1. The largest absolute Gasteiger partial charge is 0.463 e. The third-order valence-electron chi connectivity index (χ3n) is 12.2. The van der Waals surface area contributed by atoms with Crippen molar-refractivity contribution in [1.29, 1.82) is 5.26 Å². The van der Waals surface area contributed by atoms with Crippen LogP contribution in [0.15, 0.2) is 94.6 Å².